The van der Waals surface area contributed by atoms with Gasteiger partial charge in [0.15, 0.2) is 0 Å². The topological polar surface area (TPSA) is 35.2 Å². The molecule has 0 radical (unpaired) electrons. The lowest BCUT2D eigenvalue weighted by atomic mass is 9.74. The lowest BCUT2D eigenvalue weighted by Crippen LogP contribution is -2.53. The first-order chi connectivity index (χ1) is 9.57. The van der Waals surface area contributed by atoms with Crippen molar-refractivity contribution in [2.24, 2.45) is 11.7 Å². The molecule has 0 aromatic heterocycles. The predicted molar refractivity (Wildman–Crippen MR) is 87.8 cm³/mol. The molecule has 1 saturated carbocycles. The largest absolute Gasteiger partial charge is 0.374 e. The van der Waals surface area contributed by atoms with E-state index >= 15 is 0 Å². The Kier molecular flexibility index (Phi) is 5.65. The number of ether oxygens (including phenoxy) is 1. The van der Waals surface area contributed by atoms with Gasteiger partial charge >= 0.3 is 0 Å². The maximum absolute atomic E-state index is 6.57. The summed E-state index contributed by atoms with van der Waals surface area (Å²) in [5.41, 5.74) is 7.72. The van der Waals surface area contributed by atoms with Gasteiger partial charge in [0.05, 0.1) is 5.60 Å². The summed E-state index contributed by atoms with van der Waals surface area (Å²) < 4.78 is 7.30. The molecule has 3 heteroatoms. The lowest BCUT2D eigenvalue weighted by Gasteiger charge is -2.43. The van der Waals surface area contributed by atoms with E-state index in [4.69, 9.17) is 10.5 Å². The fourth-order valence-corrected chi connectivity index (χ4v) is 3.69. The monoisotopic (exact) mass is 339 g/mol. The van der Waals surface area contributed by atoms with Crippen LogP contribution in [-0.2, 0) is 11.2 Å². The van der Waals surface area contributed by atoms with E-state index in [0.29, 0.717) is 0 Å². The molecule has 2 N–H and O–H groups in total. The molecule has 20 heavy (non-hydrogen) atoms. The summed E-state index contributed by atoms with van der Waals surface area (Å²) >= 11 is 3.62. The van der Waals surface area contributed by atoms with E-state index in [1.54, 1.807) is 0 Å². The van der Waals surface area contributed by atoms with Gasteiger partial charge in [0, 0.05) is 17.1 Å². The van der Waals surface area contributed by atoms with E-state index in [1.807, 2.05) is 6.07 Å². The summed E-state index contributed by atoms with van der Waals surface area (Å²) in [4.78, 5) is 0. The maximum Gasteiger partial charge on any atom is 0.0835 e. The summed E-state index contributed by atoms with van der Waals surface area (Å²) in [6.07, 6.45) is 5.50. The Morgan fingerprint density at radius 2 is 2.00 bits per heavy atom. The van der Waals surface area contributed by atoms with Gasteiger partial charge in [0.1, 0.15) is 0 Å². The first-order valence-corrected chi connectivity index (χ1v) is 8.49. The highest BCUT2D eigenvalue weighted by molar-refractivity contribution is 9.10. The third-order valence-electron chi connectivity index (χ3n) is 4.63. The number of rotatable bonds is 5. The van der Waals surface area contributed by atoms with Crippen molar-refractivity contribution in [3.05, 3.63) is 34.3 Å². The zero-order valence-corrected chi connectivity index (χ0v) is 14.2. The Morgan fingerprint density at radius 1 is 1.35 bits per heavy atom. The van der Waals surface area contributed by atoms with Gasteiger partial charge in [-0.3, -0.25) is 0 Å². The summed E-state index contributed by atoms with van der Waals surface area (Å²) in [5.74, 6) is 0.805. The van der Waals surface area contributed by atoms with E-state index in [-0.39, 0.29) is 11.6 Å². The Morgan fingerprint density at radius 3 is 2.60 bits per heavy atom. The molecule has 1 aliphatic rings. The highest BCUT2D eigenvalue weighted by Gasteiger charge is 2.40. The molecule has 2 rings (SSSR count). The standard InChI is InChI=1S/C17H26BrNO/c1-3-20-17(10-8-13(2)9-11-17)16(19)12-14-6-4-5-7-15(14)18/h4-7,13,16H,3,8-12,19H2,1-2H3. The predicted octanol–water partition coefficient (Wildman–Crippen LogP) is 4.30. The Labute approximate surface area is 131 Å². The van der Waals surface area contributed by atoms with Crippen molar-refractivity contribution in [1.82, 2.24) is 0 Å². The van der Waals surface area contributed by atoms with Gasteiger partial charge in [-0.15, -0.1) is 0 Å². The van der Waals surface area contributed by atoms with E-state index in [1.165, 1.54) is 18.4 Å². The fourth-order valence-electron chi connectivity index (χ4n) is 3.25. The normalized spacial score (nSPS) is 28.3. The van der Waals surface area contributed by atoms with Crippen LogP contribution < -0.4 is 5.73 Å². The zero-order chi connectivity index (χ0) is 14.6. The van der Waals surface area contributed by atoms with E-state index in [9.17, 15) is 0 Å². The van der Waals surface area contributed by atoms with Crippen molar-refractivity contribution in [3.8, 4) is 0 Å². The molecule has 0 saturated heterocycles. The Bertz CT molecular complexity index is 427. The number of benzene rings is 1. The van der Waals surface area contributed by atoms with Crippen molar-refractivity contribution < 1.29 is 4.74 Å². The van der Waals surface area contributed by atoms with E-state index < -0.39 is 0 Å². The molecule has 1 aliphatic carbocycles. The van der Waals surface area contributed by atoms with Gasteiger partial charge in [-0.1, -0.05) is 41.1 Å². The van der Waals surface area contributed by atoms with Gasteiger partial charge < -0.3 is 10.5 Å². The molecular weight excluding hydrogens is 314 g/mol. The summed E-state index contributed by atoms with van der Waals surface area (Å²) in [7, 11) is 0. The smallest absolute Gasteiger partial charge is 0.0835 e. The van der Waals surface area contributed by atoms with Crippen molar-refractivity contribution in [2.75, 3.05) is 6.61 Å². The first-order valence-electron chi connectivity index (χ1n) is 7.70. The average molecular weight is 340 g/mol. The molecule has 1 fully saturated rings. The van der Waals surface area contributed by atoms with Crippen LogP contribution in [0.1, 0.15) is 45.1 Å². The first kappa shape index (κ1) is 16.0. The summed E-state index contributed by atoms with van der Waals surface area (Å²) in [6, 6.07) is 8.41. The summed E-state index contributed by atoms with van der Waals surface area (Å²) in [5, 5.41) is 0. The number of nitrogens with two attached hydrogens (primary N) is 1. The summed E-state index contributed by atoms with van der Waals surface area (Å²) in [6.45, 7) is 5.15. The molecular formula is C17H26BrNO. The third kappa shape index (κ3) is 3.63. The van der Waals surface area contributed by atoms with Gasteiger partial charge in [0.25, 0.3) is 0 Å². The van der Waals surface area contributed by atoms with Gasteiger partial charge in [-0.05, 0) is 56.6 Å². The molecule has 112 valence electrons. The van der Waals surface area contributed by atoms with Gasteiger partial charge in [-0.2, -0.15) is 0 Å². The zero-order valence-electron chi connectivity index (χ0n) is 12.6. The molecule has 1 aromatic carbocycles. The van der Waals surface area contributed by atoms with Crippen LogP contribution >= 0.6 is 15.9 Å². The van der Waals surface area contributed by atoms with Crippen LogP contribution in [0.4, 0.5) is 0 Å². The highest BCUT2D eigenvalue weighted by atomic mass is 79.9. The minimum absolute atomic E-state index is 0.0636. The van der Waals surface area contributed by atoms with Crippen LogP contribution in [0.3, 0.4) is 0 Å². The molecule has 1 aromatic rings. The second kappa shape index (κ2) is 7.06. The molecule has 0 heterocycles. The van der Waals surface area contributed by atoms with Crippen LogP contribution in [0, 0.1) is 5.92 Å². The van der Waals surface area contributed by atoms with Crippen LogP contribution in [0.5, 0.6) is 0 Å². The van der Waals surface area contributed by atoms with Crippen molar-refractivity contribution >= 4 is 15.9 Å². The van der Waals surface area contributed by atoms with Crippen molar-refractivity contribution in [1.29, 1.82) is 0 Å². The maximum atomic E-state index is 6.57. The van der Waals surface area contributed by atoms with Crippen LogP contribution in [0.2, 0.25) is 0 Å². The fraction of sp³-hybridized carbons (Fsp3) is 0.647. The molecule has 0 aliphatic heterocycles. The Hall–Kier alpha value is -0.380. The third-order valence-corrected chi connectivity index (χ3v) is 5.40. The van der Waals surface area contributed by atoms with Gasteiger partial charge in [0.2, 0.25) is 0 Å². The van der Waals surface area contributed by atoms with E-state index in [0.717, 1.165) is 36.3 Å². The van der Waals surface area contributed by atoms with Crippen LogP contribution in [-0.4, -0.2) is 18.2 Å². The lowest BCUT2D eigenvalue weighted by molar-refractivity contribution is -0.0883. The van der Waals surface area contributed by atoms with Crippen LogP contribution in [0.15, 0.2) is 28.7 Å². The second-order valence-corrected chi connectivity index (χ2v) is 6.94. The van der Waals surface area contributed by atoms with E-state index in [2.05, 4.69) is 48.0 Å². The Balaban J connectivity index is 2.11. The number of hydrogen-bond acceptors (Lipinski definition) is 2. The molecule has 0 spiro atoms. The van der Waals surface area contributed by atoms with Crippen molar-refractivity contribution in [3.63, 3.8) is 0 Å². The van der Waals surface area contributed by atoms with Crippen LogP contribution in [0.25, 0.3) is 0 Å². The molecule has 0 bridgehead atoms. The molecule has 1 atom stereocenters. The second-order valence-electron chi connectivity index (χ2n) is 6.08. The number of halogens is 1. The molecule has 2 nitrogen and oxygen atoms in total. The highest BCUT2D eigenvalue weighted by Crippen LogP contribution is 2.38. The molecule has 1 unspecified atom stereocenters. The van der Waals surface area contributed by atoms with Crippen molar-refractivity contribution in [2.45, 2.75) is 57.6 Å². The quantitative estimate of drug-likeness (QED) is 0.867. The van der Waals surface area contributed by atoms with Gasteiger partial charge in [-0.25, -0.2) is 0 Å². The minimum atomic E-state index is -0.128. The molecule has 0 amide bonds. The average Bonchev–Trinajstić information content (AvgIpc) is 2.44. The minimum Gasteiger partial charge on any atom is -0.374 e. The SMILES string of the molecule is CCOC1(C(N)Cc2ccccc2Br)CCC(C)CC1. The number of hydrogen-bond donors (Lipinski definition) is 1.